The standard InChI is InChI=1S/C10H4F3NO2S/c11-5-2-1-4(7(12)8(5)13)6-3-17-9(14-6)10(15)16/h1-3H,(H,15,16). The molecule has 0 spiro atoms. The van der Waals surface area contributed by atoms with Crippen LogP contribution in [-0.4, -0.2) is 16.1 Å². The van der Waals surface area contributed by atoms with Gasteiger partial charge >= 0.3 is 5.97 Å². The van der Waals surface area contributed by atoms with E-state index in [0.717, 1.165) is 23.5 Å². The zero-order valence-electron chi connectivity index (χ0n) is 8.08. The molecule has 0 saturated heterocycles. The molecule has 0 fully saturated rings. The van der Waals surface area contributed by atoms with Crippen LogP contribution in [0.3, 0.4) is 0 Å². The van der Waals surface area contributed by atoms with Gasteiger partial charge in [-0.1, -0.05) is 0 Å². The summed E-state index contributed by atoms with van der Waals surface area (Å²) < 4.78 is 39.0. The summed E-state index contributed by atoms with van der Waals surface area (Å²) in [7, 11) is 0. The number of aromatic nitrogens is 1. The molecule has 0 saturated carbocycles. The number of hydrogen-bond acceptors (Lipinski definition) is 3. The maximum absolute atomic E-state index is 13.4. The molecule has 0 aliphatic carbocycles. The lowest BCUT2D eigenvalue weighted by molar-refractivity contribution is 0.0696. The van der Waals surface area contributed by atoms with Crippen molar-refractivity contribution in [2.75, 3.05) is 0 Å². The summed E-state index contributed by atoms with van der Waals surface area (Å²) in [5.41, 5.74) is -0.309. The molecule has 1 aromatic heterocycles. The van der Waals surface area contributed by atoms with Gasteiger partial charge in [-0.05, 0) is 12.1 Å². The smallest absolute Gasteiger partial charge is 0.365 e. The fourth-order valence-electron chi connectivity index (χ4n) is 1.22. The molecule has 0 unspecified atom stereocenters. The molecule has 88 valence electrons. The van der Waals surface area contributed by atoms with E-state index in [1.165, 1.54) is 5.38 Å². The summed E-state index contributed by atoms with van der Waals surface area (Å²) >= 11 is 0.778. The van der Waals surface area contributed by atoms with E-state index in [4.69, 9.17) is 5.11 Å². The number of carbonyl (C=O) groups is 1. The van der Waals surface area contributed by atoms with E-state index in [1.807, 2.05) is 0 Å². The van der Waals surface area contributed by atoms with E-state index in [9.17, 15) is 18.0 Å². The van der Waals surface area contributed by atoms with Gasteiger partial charge in [-0.15, -0.1) is 11.3 Å². The van der Waals surface area contributed by atoms with Crippen molar-refractivity contribution >= 4 is 17.3 Å². The van der Waals surface area contributed by atoms with Crippen molar-refractivity contribution in [1.82, 2.24) is 4.98 Å². The normalized spacial score (nSPS) is 10.5. The molecule has 0 bridgehead atoms. The Balaban J connectivity index is 2.53. The molecule has 0 aliphatic rings. The third-order valence-corrected chi connectivity index (χ3v) is 2.83. The lowest BCUT2D eigenvalue weighted by Crippen LogP contribution is -1.96. The largest absolute Gasteiger partial charge is 0.476 e. The Kier molecular flexibility index (Phi) is 2.84. The molecule has 2 rings (SSSR count). The minimum atomic E-state index is -1.60. The molecule has 2 aromatic rings. The topological polar surface area (TPSA) is 50.2 Å². The lowest BCUT2D eigenvalue weighted by Gasteiger charge is -2.00. The van der Waals surface area contributed by atoms with Gasteiger partial charge in [-0.25, -0.2) is 22.9 Å². The minimum absolute atomic E-state index is 0.0381. The number of rotatable bonds is 2. The molecule has 1 aromatic carbocycles. The molecule has 7 heteroatoms. The highest BCUT2D eigenvalue weighted by atomic mass is 32.1. The molecule has 0 aliphatic heterocycles. The number of thiazole rings is 1. The van der Waals surface area contributed by atoms with Crippen LogP contribution in [0.5, 0.6) is 0 Å². The average molecular weight is 259 g/mol. The predicted molar refractivity (Wildman–Crippen MR) is 54.4 cm³/mol. The Bertz CT molecular complexity index is 597. The lowest BCUT2D eigenvalue weighted by atomic mass is 10.1. The van der Waals surface area contributed by atoms with Crippen LogP contribution in [-0.2, 0) is 0 Å². The highest BCUT2D eigenvalue weighted by molar-refractivity contribution is 7.11. The summed E-state index contributed by atoms with van der Waals surface area (Å²) in [5.74, 6) is -5.55. The minimum Gasteiger partial charge on any atom is -0.476 e. The third-order valence-electron chi connectivity index (χ3n) is 2.00. The first-order chi connectivity index (χ1) is 8.00. The second-order valence-electron chi connectivity index (χ2n) is 3.07. The van der Waals surface area contributed by atoms with Crippen LogP contribution in [0, 0.1) is 17.5 Å². The summed E-state index contributed by atoms with van der Waals surface area (Å²) in [6, 6.07) is 1.77. The Morgan fingerprint density at radius 2 is 1.94 bits per heavy atom. The maximum Gasteiger partial charge on any atom is 0.365 e. The molecule has 17 heavy (non-hydrogen) atoms. The van der Waals surface area contributed by atoms with Crippen molar-refractivity contribution in [1.29, 1.82) is 0 Å². The quantitative estimate of drug-likeness (QED) is 0.843. The first kappa shape index (κ1) is 11.6. The van der Waals surface area contributed by atoms with Gasteiger partial charge in [0, 0.05) is 10.9 Å². The van der Waals surface area contributed by atoms with Gasteiger partial charge in [-0.2, -0.15) is 0 Å². The van der Waals surface area contributed by atoms with Crippen molar-refractivity contribution in [2.24, 2.45) is 0 Å². The van der Waals surface area contributed by atoms with Gasteiger partial charge in [0.2, 0.25) is 5.01 Å². The van der Waals surface area contributed by atoms with Crippen molar-refractivity contribution < 1.29 is 23.1 Å². The first-order valence-corrected chi connectivity index (χ1v) is 5.21. The molecule has 1 heterocycles. The number of aromatic carboxylic acids is 1. The Hall–Kier alpha value is -1.89. The number of nitrogens with zero attached hydrogens (tertiary/aromatic N) is 1. The van der Waals surface area contributed by atoms with Gasteiger partial charge in [0.1, 0.15) is 0 Å². The van der Waals surface area contributed by atoms with Crippen LogP contribution in [0.4, 0.5) is 13.2 Å². The number of carboxylic acids is 1. The van der Waals surface area contributed by atoms with Crippen LogP contribution in [0.15, 0.2) is 17.5 Å². The van der Waals surface area contributed by atoms with Crippen LogP contribution >= 0.6 is 11.3 Å². The van der Waals surface area contributed by atoms with Gasteiger partial charge in [0.05, 0.1) is 5.69 Å². The molecule has 0 radical (unpaired) electrons. The molecular formula is C10H4F3NO2S. The van der Waals surface area contributed by atoms with Crippen molar-refractivity contribution in [3.05, 3.63) is 40.0 Å². The molecule has 0 amide bonds. The van der Waals surface area contributed by atoms with Gasteiger partial charge in [-0.3, -0.25) is 0 Å². The second kappa shape index (κ2) is 4.17. The molecule has 3 nitrogen and oxygen atoms in total. The van der Waals surface area contributed by atoms with E-state index >= 15 is 0 Å². The molecule has 0 atom stereocenters. The van der Waals surface area contributed by atoms with Crippen LogP contribution in [0.25, 0.3) is 11.3 Å². The van der Waals surface area contributed by atoms with Crippen molar-refractivity contribution in [3.8, 4) is 11.3 Å². The van der Waals surface area contributed by atoms with Crippen molar-refractivity contribution in [3.63, 3.8) is 0 Å². The number of hydrogen-bond donors (Lipinski definition) is 1. The fourth-order valence-corrected chi connectivity index (χ4v) is 1.87. The zero-order chi connectivity index (χ0) is 12.6. The van der Waals surface area contributed by atoms with Crippen molar-refractivity contribution in [2.45, 2.75) is 0 Å². The highest BCUT2D eigenvalue weighted by Crippen LogP contribution is 2.27. The SMILES string of the molecule is O=C(O)c1nc(-c2ccc(F)c(F)c2F)cs1. The van der Waals surface area contributed by atoms with Gasteiger partial charge in [0.25, 0.3) is 0 Å². The molecular weight excluding hydrogens is 255 g/mol. The first-order valence-electron chi connectivity index (χ1n) is 4.33. The fraction of sp³-hybridized carbons (Fsp3) is 0. The number of halogens is 3. The van der Waals surface area contributed by atoms with Crippen LogP contribution in [0.1, 0.15) is 9.80 Å². The Morgan fingerprint density at radius 3 is 2.53 bits per heavy atom. The molecule has 1 N–H and O–H groups in total. The number of benzene rings is 1. The van der Waals surface area contributed by atoms with E-state index in [1.54, 1.807) is 0 Å². The van der Waals surface area contributed by atoms with Crippen LogP contribution in [0.2, 0.25) is 0 Å². The average Bonchev–Trinajstić information content (AvgIpc) is 2.75. The number of carboxylic acid groups (broad SMARTS) is 1. The zero-order valence-corrected chi connectivity index (χ0v) is 8.89. The second-order valence-corrected chi connectivity index (χ2v) is 3.92. The van der Waals surface area contributed by atoms with E-state index in [0.29, 0.717) is 0 Å². The maximum atomic E-state index is 13.4. The third kappa shape index (κ3) is 2.01. The highest BCUT2D eigenvalue weighted by Gasteiger charge is 2.18. The van der Waals surface area contributed by atoms with E-state index in [2.05, 4.69) is 4.98 Å². The monoisotopic (exact) mass is 259 g/mol. The van der Waals surface area contributed by atoms with Gasteiger partial charge < -0.3 is 5.11 Å². The Labute approximate surface area is 97.2 Å². The summed E-state index contributed by atoms with van der Waals surface area (Å²) in [4.78, 5) is 14.2. The van der Waals surface area contributed by atoms with E-state index < -0.39 is 23.4 Å². The predicted octanol–water partition coefficient (Wildman–Crippen LogP) is 2.93. The summed E-state index contributed by atoms with van der Waals surface area (Å²) in [6.45, 7) is 0. The summed E-state index contributed by atoms with van der Waals surface area (Å²) in [6.07, 6.45) is 0. The van der Waals surface area contributed by atoms with E-state index in [-0.39, 0.29) is 16.3 Å². The summed E-state index contributed by atoms with van der Waals surface area (Å²) in [5, 5.41) is 9.65. The Morgan fingerprint density at radius 1 is 1.24 bits per heavy atom. The van der Waals surface area contributed by atoms with Crippen LogP contribution < -0.4 is 0 Å². The van der Waals surface area contributed by atoms with Gasteiger partial charge in [0.15, 0.2) is 17.5 Å².